The van der Waals surface area contributed by atoms with E-state index in [9.17, 15) is 0 Å². The summed E-state index contributed by atoms with van der Waals surface area (Å²) in [6.07, 6.45) is 2.08. The Balaban J connectivity index is 3.12. The lowest BCUT2D eigenvalue weighted by Gasteiger charge is -2.12. The molecule has 0 aliphatic rings. The predicted octanol–water partition coefficient (Wildman–Crippen LogP) is 2.11. The Bertz CT molecular complexity index is 305. The summed E-state index contributed by atoms with van der Waals surface area (Å²) >= 11 is 0. The van der Waals surface area contributed by atoms with E-state index in [1.807, 2.05) is 7.05 Å². The number of nitrogen functional groups attached to an aromatic ring is 1. The molecule has 0 aromatic heterocycles. The minimum absolute atomic E-state index is 0.854. The van der Waals surface area contributed by atoms with Gasteiger partial charge in [0.05, 0.1) is 0 Å². The number of hydrogen-bond acceptors (Lipinski definition) is 2. The van der Waals surface area contributed by atoms with Gasteiger partial charge in [0, 0.05) is 12.2 Å². The molecule has 0 unspecified atom stereocenters. The van der Waals surface area contributed by atoms with Gasteiger partial charge in [-0.2, -0.15) is 0 Å². The van der Waals surface area contributed by atoms with Crippen LogP contribution in [-0.2, 0) is 19.4 Å². The first-order valence-electron chi connectivity index (χ1n) is 5.27. The molecule has 1 aromatic rings. The van der Waals surface area contributed by atoms with Gasteiger partial charge in [-0.3, -0.25) is 0 Å². The van der Waals surface area contributed by atoms with Gasteiger partial charge < -0.3 is 11.1 Å². The van der Waals surface area contributed by atoms with Gasteiger partial charge in [-0.25, -0.2) is 0 Å². The standard InChI is InChI=1S/C12H20N2/c1-4-9-6-10(5-2)12(13)11(7-9)8-14-3/h6-7,14H,4-5,8,13H2,1-3H3. The van der Waals surface area contributed by atoms with Gasteiger partial charge >= 0.3 is 0 Å². The van der Waals surface area contributed by atoms with Gasteiger partial charge in [-0.05, 0) is 36.6 Å². The summed E-state index contributed by atoms with van der Waals surface area (Å²) in [5.74, 6) is 0. The van der Waals surface area contributed by atoms with Gasteiger partial charge in [0.25, 0.3) is 0 Å². The molecule has 0 bridgehead atoms. The molecule has 0 atom stereocenters. The van der Waals surface area contributed by atoms with E-state index in [0.717, 1.165) is 25.1 Å². The van der Waals surface area contributed by atoms with Crippen LogP contribution in [0.2, 0.25) is 0 Å². The second-order valence-corrected chi connectivity index (χ2v) is 3.57. The first-order chi connectivity index (χ1) is 6.72. The maximum atomic E-state index is 6.06. The highest BCUT2D eigenvalue weighted by atomic mass is 14.8. The van der Waals surface area contributed by atoms with E-state index >= 15 is 0 Å². The van der Waals surface area contributed by atoms with Crippen LogP contribution in [0.25, 0.3) is 0 Å². The Hall–Kier alpha value is -1.02. The quantitative estimate of drug-likeness (QED) is 0.717. The van der Waals surface area contributed by atoms with Crippen molar-refractivity contribution in [2.24, 2.45) is 0 Å². The summed E-state index contributed by atoms with van der Waals surface area (Å²) in [6, 6.07) is 4.42. The third-order valence-corrected chi connectivity index (χ3v) is 2.57. The molecule has 78 valence electrons. The number of anilines is 1. The maximum Gasteiger partial charge on any atom is 0.0392 e. The van der Waals surface area contributed by atoms with Crippen molar-refractivity contribution in [3.8, 4) is 0 Å². The number of rotatable bonds is 4. The Kier molecular flexibility index (Phi) is 3.96. The number of nitrogens with two attached hydrogens (primary N) is 1. The molecule has 14 heavy (non-hydrogen) atoms. The average Bonchev–Trinajstić information content (AvgIpc) is 2.21. The molecule has 2 nitrogen and oxygen atoms in total. The van der Waals surface area contributed by atoms with Gasteiger partial charge in [0.2, 0.25) is 0 Å². The maximum absolute atomic E-state index is 6.06. The van der Waals surface area contributed by atoms with Crippen molar-refractivity contribution in [2.45, 2.75) is 33.2 Å². The van der Waals surface area contributed by atoms with Gasteiger partial charge in [-0.15, -0.1) is 0 Å². The smallest absolute Gasteiger partial charge is 0.0392 e. The fraction of sp³-hybridized carbons (Fsp3) is 0.500. The van der Waals surface area contributed by atoms with E-state index in [4.69, 9.17) is 5.73 Å². The van der Waals surface area contributed by atoms with Gasteiger partial charge in [0.15, 0.2) is 0 Å². The molecular formula is C12H20N2. The summed E-state index contributed by atoms with van der Waals surface area (Å²) in [6.45, 7) is 5.18. The molecule has 0 saturated heterocycles. The van der Waals surface area contributed by atoms with Crippen molar-refractivity contribution in [3.63, 3.8) is 0 Å². The summed E-state index contributed by atoms with van der Waals surface area (Å²) in [5, 5.41) is 3.15. The topological polar surface area (TPSA) is 38.0 Å². The van der Waals surface area contributed by atoms with Crippen molar-refractivity contribution < 1.29 is 0 Å². The third-order valence-electron chi connectivity index (χ3n) is 2.57. The fourth-order valence-corrected chi connectivity index (χ4v) is 1.68. The zero-order valence-electron chi connectivity index (χ0n) is 9.35. The fourth-order valence-electron chi connectivity index (χ4n) is 1.68. The molecule has 0 aliphatic heterocycles. The Morgan fingerprint density at radius 2 is 1.79 bits per heavy atom. The van der Waals surface area contributed by atoms with E-state index in [1.165, 1.54) is 16.7 Å². The SMILES string of the molecule is CCc1cc(CC)c(N)c(CNC)c1. The first kappa shape index (κ1) is 11.1. The van der Waals surface area contributed by atoms with E-state index in [2.05, 4.69) is 31.3 Å². The van der Waals surface area contributed by atoms with Crippen LogP contribution in [0.5, 0.6) is 0 Å². The summed E-state index contributed by atoms with van der Waals surface area (Å²) in [7, 11) is 1.95. The van der Waals surface area contributed by atoms with Crippen LogP contribution in [0.4, 0.5) is 5.69 Å². The monoisotopic (exact) mass is 192 g/mol. The molecule has 1 aromatic carbocycles. The van der Waals surface area contributed by atoms with Gasteiger partial charge in [-0.1, -0.05) is 26.0 Å². The number of nitrogens with one attached hydrogen (secondary N) is 1. The molecule has 0 fully saturated rings. The van der Waals surface area contributed by atoms with E-state index in [0.29, 0.717) is 0 Å². The molecular weight excluding hydrogens is 172 g/mol. The van der Waals surface area contributed by atoms with Crippen molar-refractivity contribution in [1.29, 1.82) is 0 Å². The number of hydrogen-bond donors (Lipinski definition) is 2. The molecule has 0 heterocycles. The van der Waals surface area contributed by atoms with Crippen molar-refractivity contribution >= 4 is 5.69 Å². The molecule has 0 radical (unpaired) electrons. The largest absolute Gasteiger partial charge is 0.398 e. The summed E-state index contributed by atoms with van der Waals surface area (Å²) in [4.78, 5) is 0. The van der Waals surface area contributed by atoms with E-state index in [1.54, 1.807) is 0 Å². The minimum Gasteiger partial charge on any atom is -0.398 e. The van der Waals surface area contributed by atoms with Crippen molar-refractivity contribution in [2.75, 3.05) is 12.8 Å². The van der Waals surface area contributed by atoms with Crippen LogP contribution >= 0.6 is 0 Å². The second-order valence-electron chi connectivity index (χ2n) is 3.57. The van der Waals surface area contributed by atoms with Crippen molar-refractivity contribution in [3.05, 3.63) is 28.8 Å². The molecule has 0 amide bonds. The Morgan fingerprint density at radius 1 is 1.14 bits per heavy atom. The van der Waals surface area contributed by atoms with Gasteiger partial charge in [0.1, 0.15) is 0 Å². The van der Waals surface area contributed by atoms with Crippen LogP contribution in [-0.4, -0.2) is 7.05 Å². The molecule has 0 saturated carbocycles. The number of benzene rings is 1. The Labute approximate surface area is 86.5 Å². The Morgan fingerprint density at radius 3 is 2.29 bits per heavy atom. The van der Waals surface area contributed by atoms with Crippen LogP contribution in [0.15, 0.2) is 12.1 Å². The van der Waals surface area contributed by atoms with Crippen LogP contribution in [0.3, 0.4) is 0 Å². The highest BCUT2D eigenvalue weighted by Crippen LogP contribution is 2.21. The van der Waals surface area contributed by atoms with Crippen LogP contribution in [0, 0.1) is 0 Å². The molecule has 2 heteroatoms. The zero-order chi connectivity index (χ0) is 10.6. The molecule has 0 aliphatic carbocycles. The third kappa shape index (κ3) is 2.26. The normalized spacial score (nSPS) is 10.5. The average molecular weight is 192 g/mol. The van der Waals surface area contributed by atoms with E-state index in [-0.39, 0.29) is 0 Å². The highest BCUT2D eigenvalue weighted by Gasteiger charge is 2.05. The predicted molar refractivity (Wildman–Crippen MR) is 62.4 cm³/mol. The highest BCUT2D eigenvalue weighted by molar-refractivity contribution is 5.55. The lowest BCUT2D eigenvalue weighted by atomic mass is 10.00. The number of aryl methyl sites for hydroxylation is 2. The summed E-state index contributed by atoms with van der Waals surface area (Å²) in [5.41, 5.74) is 10.9. The molecule has 1 rings (SSSR count). The lowest BCUT2D eigenvalue weighted by molar-refractivity contribution is 0.816. The van der Waals surface area contributed by atoms with Crippen molar-refractivity contribution in [1.82, 2.24) is 5.32 Å². The zero-order valence-corrected chi connectivity index (χ0v) is 9.35. The minimum atomic E-state index is 0.854. The first-order valence-corrected chi connectivity index (χ1v) is 5.27. The second kappa shape index (κ2) is 5.01. The van der Waals surface area contributed by atoms with Crippen LogP contribution in [0.1, 0.15) is 30.5 Å². The molecule has 3 N–H and O–H groups in total. The van der Waals surface area contributed by atoms with Crippen LogP contribution < -0.4 is 11.1 Å². The summed E-state index contributed by atoms with van der Waals surface area (Å²) < 4.78 is 0. The lowest BCUT2D eigenvalue weighted by Crippen LogP contribution is -2.10. The molecule has 0 spiro atoms. The van der Waals surface area contributed by atoms with E-state index < -0.39 is 0 Å².